The first kappa shape index (κ1) is 22.6. The summed E-state index contributed by atoms with van der Waals surface area (Å²) >= 11 is 0. The first-order chi connectivity index (χ1) is 17.5. The Morgan fingerprint density at radius 2 is 1.92 bits per heavy atom. The molecule has 3 aromatic heterocycles. The van der Waals surface area contributed by atoms with E-state index in [1.54, 1.807) is 12.3 Å². The van der Waals surface area contributed by atoms with Gasteiger partial charge >= 0.3 is 5.97 Å². The van der Waals surface area contributed by atoms with Crippen LogP contribution in [0.25, 0.3) is 22.3 Å². The van der Waals surface area contributed by atoms with E-state index in [0.717, 1.165) is 5.56 Å². The van der Waals surface area contributed by atoms with Crippen molar-refractivity contribution in [3.05, 3.63) is 101 Å². The molecule has 0 aliphatic rings. The van der Waals surface area contributed by atoms with Crippen LogP contribution < -0.4 is 5.73 Å². The molecule has 2 N–H and O–H groups in total. The molecule has 0 radical (unpaired) electrons. The lowest BCUT2D eigenvalue weighted by molar-refractivity contribution is 0.0470. The molecule has 176 valence electrons. The largest absolute Gasteiger partial charge is 0.457 e. The van der Waals surface area contributed by atoms with E-state index in [-0.39, 0.29) is 30.2 Å². The van der Waals surface area contributed by atoms with Crippen molar-refractivity contribution in [2.75, 3.05) is 5.73 Å². The summed E-state index contributed by atoms with van der Waals surface area (Å²) in [5.74, 6) is -1.27. The van der Waals surface area contributed by atoms with E-state index in [1.807, 2.05) is 36.4 Å². The van der Waals surface area contributed by atoms with Gasteiger partial charge in [-0.3, -0.25) is 4.98 Å². The number of ether oxygens (including phenoxy) is 1. The van der Waals surface area contributed by atoms with Gasteiger partial charge in [0.15, 0.2) is 5.65 Å². The number of nitrogen functional groups attached to an aromatic ring is 1. The summed E-state index contributed by atoms with van der Waals surface area (Å²) in [7, 11) is 0. The molecule has 0 bridgehead atoms. The number of nitrogens with zero attached hydrogens (tertiary/aromatic N) is 6. The third-order valence-electron chi connectivity index (χ3n) is 5.51. The molecule has 0 fully saturated rings. The SMILES string of the molecule is N#Cc1cncc(-c2nc(N)nc3c2cnn3Cc2c(F)cccc2C(=O)OCc2ccccc2)c1. The number of aromatic nitrogens is 5. The molecule has 0 unspecified atom stereocenters. The monoisotopic (exact) mass is 479 g/mol. The van der Waals surface area contributed by atoms with Crippen LogP contribution in [0, 0.1) is 17.1 Å². The minimum atomic E-state index is -0.654. The van der Waals surface area contributed by atoms with E-state index in [1.165, 1.54) is 35.3 Å². The third-order valence-corrected chi connectivity index (χ3v) is 5.51. The highest BCUT2D eigenvalue weighted by atomic mass is 19.1. The number of benzene rings is 2. The van der Waals surface area contributed by atoms with Crippen LogP contribution in [0.4, 0.5) is 10.3 Å². The molecule has 3 heterocycles. The average Bonchev–Trinajstić information content (AvgIpc) is 3.30. The fourth-order valence-corrected chi connectivity index (χ4v) is 3.80. The fraction of sp³-hybridized carbons (Fsp3) is 0.0769. The van der Waals surface area contributed by atoms with Crippen LogP contribution in [0.1, 0.15) is 27.0 Å². The topological polar surface area (TPSA) is 133 Å². The van der Waals surface area contributed by atoms with Crippen molar-refractivity contribution in [2.45, 2.75) is 13.2 Å². The predicted octanol–water partition coefficient (Wildman–Crippen LogP) is 3.89. The van der Waals surface area contributed by atoms with Gasteiger partial charge in [0, 0.05) is 23.5 Å². The lowest BCUT2D eigenvalue weighted by Gasteiger charge is -2.12. The van der Waals surface area contributed by atoms with Gasteiger partial charge in [-0.25, -0.2) is 18.9 Å². The predicted molar refractivity (Wildman–Crippen MR) is 129 cm³/mol. The van der Waals surface area contributed by atoms with Gasteiger partial charge in [-0.2, -0.15) is 15.3 Å². The van der Waals surface area contributed by atoms with Crippen LogP contribution >= 0.6 is 0 Å². The minimum absolute atomic E-state index is 0.0300. The Morgan fingerprint density at radius 3 is 2.72 bits per heavy atom. The maximum absolute atomic E-state index is 14.9. The molecule has 5 aromatic rings. The van der Waals surface area contributed by atoms with E-state index in [0.29, 0.717) is 27.9 Å². The molecular formula is C26H18FN7O2. The fourth-order valence-electron chi connectivity index (χ4n) is 3.80. The summed E-state index contributed by atoms with van der Waals surface area (Å²) in [5.41, 5.74) is 8.66. The van der Waals surface area contributed by atoms with E-state index in [2.05, 4.69) is 20.1 Å². The highest BCUT2D eigenvalue weighted by Gasteiger charge is 2.20. The maximum Gasteiger partial charge on any atom is 0.338 e. The van der Waals surface area contributed by atoms with Gasteiger partial charge in [0.05, 0.1) is 34.9 Å². The highest BCUT2D eigenvalue weighted by molar-refractivity contribution is 5.92. The molecule has 0 amide bonds. The Labute approximate surface area is 204 Å². The Morgan fingerprint density at radius 1 is 1.08 bits per heavy atom. The molecule has 0 saturated carbocycles. The number of nitriles is 1. The standard InChI is InChI=1S/C26H18FN7O2/c27-22-8-4-7-19(25(35)36-15-16-5-2-1-3-6-16)21(22)14-34-24-20(13-31-34)23(32-26(29)33-24)18-9-17(10-28)11-30-12-18/h1-9,11-13H,14-15H2,(H2,29,32,33). The van der Waals surface area contributed by atoms with E-state index in [9.17, 15) is 14.4 Å². The van der Waals surface area contributed by atoms with Crippen LogP contribution in [0.3, 0.4) is 0 Å². The van der Waals surface area contributed by atoms with Gasteiger partial charge in [0.2, 0.25) is 5.95 Å². The van der Waals surface area contributed by atoms with Crippen molar-refractivity contribution in [1.29, 1.82) is 5.26 Å². The van der Waals surface area contributed by atoms with E-state index in [4.69, 9.17) is 10.5 Å². The number of carbonyl (C=O) groups excluding carboxylic acids is 1. The molecule has 36 heavy (non-hydrogen) atoms. The maximum atomic E-state index is 14.9. The number of hydrogen-bond acceptors (Lipinski definition) is 8. The summed E-state index contributed by atoms with van der Waals surface area (Å²) in [5, 5.41) is 14.1. The van der Waals surface area contributed by atoms with Crippen molar-refractivity contribution >= 4 is 23.0 Å². The number of fused-ring (bicyclic) bond motifs is 1. The third kappa shape index (κ3) is 4.45. The quantitative estimate of drug-likeness (QED) is 0.363. The number of halogens is 1. The molecule has 10 heteroatoms. The van der Waals surface area contributed by atoms with E-state index >= 15 is 0 Å². The summed E-state index contributed by atoms with van der Waals surface area (Å²) in [6.07, 6.45) is 4.51. The second kappa shape index (κ2) is 9.60. The van der Waals surface area contributed by atoms with Crippen molar-refractivity contribution in [3.63, 3.8) is 0 Å². The first-order valence-electron chi connectivity index (χ1n) is 10.9. The summed E-state index contributed by atoms with van der Waals surface area (Å²) in [6.45, 7) is -0.0401. The smallest absolute Gasteiger partial charge is 0.338 e. The number of nitrogens with two attached hydrogens (primary N) is 1. The Kier molecular flexibility index (Phi) is 6.03. The average molecular weight is 479 g/mol. The normalized spacial score (nSPS) is 10.8. The van der Waals surface area contributed by atoms with Crippen LogP contribution in [-0.4, -0.2) is 30.7 Å². The Bertz CT molecular complexity index is 1630. The number of esters is 1. The van der Waals surface area contributed by atoms with Gasteiger partial charge < -0.3 is 10.5 Å². The zero-order valence-corrected chi connectivity index (χ0v) is 18.8. The van der Waals surface area contributed by atoms with Gasteiger partial charge in [-0.05, 0) is 23.8 Å². The van der Waals surface area contributed by atoms with Gasteiger partial charge in [0.25, 0.3) is 0 Å². The van der Waals surface area contributed by atoms with Crippen LogP contribution in [0.15, 0.2) is 73.2 Å². The Hall–Kier alpha value is -5.17. The summed E-state index contributed by atoms with van der Waals surface area (Å²) in [6, 6.07) is 17.1. The van der Waals surface area contributed by atoms with Crippen LogP contribution in [-0.2, 0) is 17.9 Å². The van der Waals surface area contributed by atoms with Crippen molar-refractivity contribution in [2.24, 2.45) is 0 Å². The van der Waals surface area contributed by atoms with Gasteiger partial charge in [-0.15, -0.1) is 0 Å². The molecule has 0 spiro atoms. The lowest BCUT2D eigenvalue weighted by Crippen LogP contribution is -2.14. The highest BCUT2D eigenvalue weighted by Crippen LogP contribution is 2.28. The second-order valence-electron chi connectivity index (χ2n) is 7.87. The number of anilines is 1. The number of rotatable bonds is 6. The van der Waals surface area contributed by atoms with Crippen LogP contribution in [0.5, 0.6) is 0 Å². The molecule has 2 aromatic carbocycles. The van der Waals surface area contributed by atoms with Crippen LogP contribution in [0.2, 0.25) is 0 Å². The molecule has 0 aliphatic heterocycles. The first-order valence-corrected chi connectivity index (χ1v) is 10.9. The van der Waals surface area contributed by atoms with Gasteiger partial charge in [0.1, 0.15) is 18.5 Å². The zero-order valence-electron chi connectivity index (χ0n) is 18.8. The number of hydrogen-bond donors (Lipinski definition) is 1. The number of pyridine rings is 1. The Balaban J connectivity index is 1.50. The molecule has 0 atom stereocenters. The van der Waals surface area contributed by atoms with Crippen molar-refractivity contribution < 1.29 is 13.9 Å². The molecule has 0 saturated heterocycles. The zero-order chi connectivity index (χ0) is 25.1. The minimum Gasteiger partial charge on any atom is -0.457 e. The van der Waals surface area contributed by atoms with Crippen molar-refractivity contribution in [3.8, 4) is 17.3 Å². The molecular weight excluding hydrogens is 461 g/mol. The summed E-state index contributed by atoms with van der Waals surface area (Å²) in [4.78, 5) is 25.5. The molecule has 9 nitrogen and oxygen atoms in total. The molecule has 5 rings (SSSR count). The lowest BCUT2D eigenvalue weighted by atomic mass is 10.1. The molecule has 0 aliphatic carbocycles. The summed E-state index contributed by atoms with van der Waals surface area (Å²) < 4.78 is 21.8. The van der Waals surface area contributed by atoms with E-state index < -0.39 is 11.8 Å². The van der Waals surface area contributed by atoms with Crippen molar-refractivity contribution in [1.82, 2.24) is 24.7 Å². The van der Waals surface area contributed by atoms with Gasteiger partial charge in [-0.1, -0.05) is 36.4 Å². The number of carbonyl (C=O) groups is 1. The second-order valence-corrected chi connectivity index (χ2v) is 7.87.